The van der Waals surface area contributed by atoms with Crippen LogP contribution in [-0.4, -0.2) is 42.9 Å². The van der Waals surface area contributed by atoms with Crippen LogP contribution >= 0.6 is 0 Å². The molecule has 1 aliphatic heterocycles. The molecule has 0 aromatic carbocycles. The summed E-state index contributed by atoms with van der Waals surface area (Å²) in [4.78, 5) is 25.9. The average molecular weight is 293 g/mol. The van der Waals surface area contributed by atoms with Gasteiger partial charge >= 0.3 is 0 Å². The lowest BCUT2D eigenvalue weighted by Crippen LogP contribution is -2.45. The molecule has 0 aliphatic carbocycles. The lowest BCUT2D eigenvalue weighted by atomic mass is 10.2. The second-order valence-corrected chi connectivity index (χ2v) is 5.23. The second-order valence-electron chi connectivity index (χ2n) is 5.23. The first kappa shape index (κ1) is 15.6. The largest absolute Gasteiger partial charge is 0.454 e. The summed E-state index contributed by atoms with van der Waals surface area (Å²) in [6.07, 6.45) is 3.13. The van der Waals surface area contributed by atoms with Crippen LogP contribution in [0.1, 0.15) is 42.5 Å². The molecule has 2 rings (SSSR count). The molecule has 0 unspecified atom stereocenters. The Kier molecular flexibility index (Phi) is 5.38. The Morgan fingerprint density at radius 3 is 2.67 bits per heavy atom. The van der Waals surface area contributed by atoms with Gasteiger partial charge in [0.15, 0.2) is 5.76 Å². The van der Waals surface area contributed by atoms with Gasteiger partial charge in [0.05, 0.1) is 12.6 Å². The van der Waals surface area contributed by atoms with Crippen molar-refractivity contribution in [1.29, 1.82) is 0 Å². The second kappa shape index (κ2) is 7.26. The van der Waals surface area contributed by atoms with E-state index in [0.29, 0.717) is 12.3 Å². The summed E-state index contributed by atoms with van der Waals surface area (Å²) in [5, 5.41) is 5.39. The van der Waals surface area contributed by atoms with Gasteiger partial charge in [-0.25, -0.2) is 0 Å². The van der Waals surface area contributed by atoms with E-state index in [1.54, 1.807) is 19.2 Å². The number of amides is 2. The Morgan fingerprint density at radius 1 is 1.33 bits per heavy atom. The van der Waals surface area contributed by atoms with E-state index in [1.807, 2.05) is 6.92 Å². The Balaban J connectivity index is 1.87. The van der Waals surface area contributed by atoms with Crippen LogP contribution in [0.15, 0.2) is 16.5 Å². The predicted molar refractivity (Wildman–Crippen MR) is 78.8 cm³/mol. The van der Waals surface area contributed by atoms with Crippen molar-refractivity contribution in [2.24, 2.45) is 0 Å². The third-order valence-corrected chi connectivity index (χ3v) is 3.82. The number of hydrogen-bond acceptors (Lipinski definition) is 4. The number of carbonyl (C=O) groups excluding carboxylic acids is 2. The van der Waals surface area contributed by atoms with Crippen molar-refractivity contribution in [2.45, 2.75) is 38.8 Å². The average Bonchev–Trinajstić information content (AvgIpc) is 3.16. The van der Waals surface area contributed by atoms with Gasteiger partial charge in [0.2, 0.25) is 5.91 Å². The maximum atomic E-state index is 12.3. The molecule has 1 saturated heterocycles. The molecule has 116 valence electrons. The lowest BCUT2D eigenvalue weighted by Gasteiger charge is -2.25. The van der Waals surface area contributed by atoms with Crippen LogP contribution in [0.3, 0.4) is 0 Å². The zero-order valence-electron chi connectivity index (χ0n) is 12.6. The van der Waals surface area contributed by atoms with Gasteiger partial charge in [0.25, 0.3) is 5.91 Å². The van der Waals surface area contributed by atoms with Gasteiger partial charge in [0, 0.05) is 7.05 Å². The number of rotatable bonds is 6. The molecular weight excluding hydrogens is 270 g/mol. The maximum absolute atomic E-state index is 12.3. The first-order valence-corrected chi connectivity index (χ1v) is 7.48. The van der Waals surface area contributed by atoms with E-state index in [0.717, 1.165) is 32.4 Å². The smallest absolute Gasteiger partial charge is 0.286 e. The van der Waals surface area contributed by atoms with Gasteiger partial charge in [-0.1, -0.05) is 6.92 Å². The van der Waals surface area contributed by atoms with E-state index in [9.17, 15) is 9.59 Å². The van der Waals surface area contributed by atoms with E-state index >= 15 is 0 Å². The van der Waals surface area contributed by atoms with Crippen molar-refractivity contribution < 1.29 is 14.0 Å². The quantitative estimate of drug-likeness (QED) is 0.824. The van der Waals surface area contributed by atoms with Crippen molar-refractivity contribution in [3.8, 4) is 0 Å². The minimum absolute atomic E-state index is 0.0253. The van der Waals surface area contributed by atoms with Crippen LogP contribution in [0.25, 0.3) is 0 Å². The zero-order valence-corrected chi connectivity index (χ0v) is 12.6. The minimum atomic E-state index is -0.268. The highest BCUT2D eigenvalue weighted by Gasteiger charge is 2.26. The summed E-state index contributed by atoms with van der Waals surface area (Å²) in [5.41, 5.74) is 0. The highest BCUT2D eigenvalue weighted by atomic mass is 16.4. The summed E-state index contributed by atoms with van der Waals surface area (Å²) in [6.45, 7) is 4.32. The maximum Gasteiger partial charge on any atom is 0.286 e. The monoisotopic (exact) mass is 293 g/mol. The van der Waals surface area contributed by atoms with Crippen LogP contribution < -0.4 is 10.6 Å². The fourth-order valence-corrected chi connectivity index (χ4v) is 2.67. The zero-order chi connectivity index (χ0) is 15.2. The van der Waals surface area contributed by atoms with Crippen molar-refractivity contribution in [1.82, 2.24) is 15.5 Å². The molecule has 2 amide bonds. The van der Waals surface area contributed by atoms with Crippen LogP contribution in [0.5, 0.6) is 0 Å². The molecule has 0 spiro atoms. The molecule has 0 radical (unpaired) electrons. The minimum Gasteiger partial charge on any atom is -0.454 e. The van der Waals surface area contributed by atoms with Crippen LogP contribution in [0.4, 0.5) is 0 Å². The molecule has 6 nitrogen and oxygen atoms in total. The fourth-order valence-electron chi connectivity index (χ4n) is 2.67. The summed E-state index contributed by atoms with van der Waals surface area (Å²) in [6, 6.07) is 3.25. The molecule has 1 aromatic rings. The third-order valence-electron chi connectivity index (χ3n) is 3.82. The molecule has 1 atom stereocenters. The van der Waals surface area contributed by atoms with Gasteiger partial charge in [-0.05, 0) is 44.5 Å². The number of carbonyl (C=O) groups is 2. The van der Waals surface area contributed by atoms with Gasteiger partial charge in [-0.3, -0.25) is 14.5 Å². The topological polar surface area (TPSA) is 74.6 Å². The Bertz CT molecular complexity index is 492. The van der Waals surface area contributed by atoms with Crippen molar-refractivity contribution in [3.63, 3.8) is 0 Å². The Morgan fingerprint density at radius 2 is 2.05 bits per heavy atom. The number of nitrogens with one attached hydrogen (secondary N) is 2. The van der Waals surface area contributed by atoms with Gasteiger partial charge in [0.1, 0.15) is 5.76 Å². The normalized spacial score (nSPS) is 16.7. The Hall–Kier alpha value is -1.82. The number of likely N-dealkylation sites (tertiary alicyclic amines) is 1. The van der Waals surface area contributed by atoms with E-state index in [1.165, 1.54) is 0 Å². The van der Waals surface area contributed by atoms with E-state index in [-0.39, 0.29) is 23.6 Å². The molecule has 21 heavy (non-hydrogen) atoms. The SMILES string of the molecule is CC[C@H](C(=O)NCc1ccc(C(=O)NC)o1)N1CCCC1. The van der Waals surface area contributed by atoms with E-state index in [4.69, 9.17) is 4.42 Å². The van der Waals surface area contributed by atoms with Crippen LogP contribution in [0, 0.1) is 0 Å². The van der Waals surface area contributed by atoms with Crippen LogP contribution in [0.2, 0.25) is 0 Å². The van der Waals surface area contributed by atoms with Gasteiger partial charge in [-0.2, -0.15) is 0 Å². The van der Waals surface area contributed by atoms with Gasteiger partial charge < -0.3 is 15.1 Å². The lowest BCUT2D eigenvalue weighted by molar-refractivity contribution is -0.126. The molecule has 1 fully saturated rings. The highest BCUT2D eigenvalue weighted by Crippen LogP contribution is 2.14. The van der Waals surface area contributed by atoms with E-state index in [2.05, 4.69) is 15.5 Å². The van der Waals surface area contributed by atoms with E-state index < -0.39 is 0 Å². The molecule has 0 bridgehead atoms. The van der Waals surface area contributed by atoms with Crippen molar-refractivity contribution in [2.75, 3.05) is 20.1 Å². The number of hydrogen-bond donors (Lipinski definition) is 2. The summed E-state index contributed by atoms with van der Waals surface area (Å²) in [7, 11) is 1.55. The summed E-state index contributed by atoms with van der Waals surface area (Å²) >= 11 is 0. The molecule has 1 aromatic heterocycles. The fraction of sp³-hybridized carbons (Fsp3) is 0.600. The van der Waals surface area contributed by atoms with Crippen molar-refractivity contribution >= 4 is 11.8 Å². The summed E-state index contributed by atoms with van der Waals surface area (Å²) < 4.78 is 5.39. The molecular formula is C15H23N3O3. The van der Waals surface area contributed by atoms with Crippen molar-refractivity contribution in [3.05, 3.63) is 23.7 Å². The summed E-state index contributed by atoms with van der Waals surface area (Å²) in [5.74, 6) is 0.597. The first-order chi connectivity index (χ1) is 10.2. The predicted octanol–water partition coefficient (Wildman–Crippen LogP) is 1.13. The number of nitrogens with zero attached hydrogens (tertiary/aromatic N) is 1. The molecule has 1 aliphatic rings. The highest BCUT2D eigenvalue weighted by molar-refractivity contribution is 5.91. The van der Waals surface area contributed by atoms with Gasteiger partial charge in [-0.15, -0.1) is 0 Å². The number of furan rings is 1. The molecule has 2 heterocycles. The molecule has 6 heteroatoms. The molecule has 0 saturated carbocycles. The third kappa shape index (κ3) is 3.85. The van der Waals surface area contributed by atoms with Crippen LogP contribution in [-0.2, 0) is 11.3 Å². The first-order valence-electron chi connectivity index (χ1n) is 7.48. The molecule has 2 N–H and O–H groups in total. The standard InChI is InChI=1S/C15H23N3O3/c1-3-12(18-8-4-5-9-18)14(19)17-10-11-6-7-13(21-11)15(20)16-2/h6-7,12H,3-5,8-10H2,1-2H3,(H,16,20)(H,17,19)/t12-/m1/s1. The Labute approximate surface area is 124 Å².